The Hall–Kier alpha value is -3.35. The van der Waals surface area contributed by atoms with Crippen molar-refractivity contribution in [2.45, 2.75) is 6.92 Å². The number of para-hydroxylation sites is 1. The molecule has 0 radical (unpaired) electrons. The maximum atomic E-state index is 4.50. The first kappa shape index (κ1) is 14.3. The van der Waals surface area contributed by atoms with Gasteiger partial charge in [0.1, 0.15) is 5.52 Å². The second-order valence-electron chi connectivity index (χ2n) is 5.46. The fraction of sp³-hybridized carbons (Fsp3) is 0.118. The third kappa shape index (κ3) is 2.45. The summed E-state index contributed by atoms with van der Waals surface area (Å²) in [6, 6.07) is 13.8. The number of anilines is 1. The zero-order valence-corrected chi connectivity index (χ0v) is 13.3. The minimum atomic E-state index is 0.345. The Morgan fingerprint density at radius 3 is 2.79 bits per heavy atom. The predicted octanol–water partition coefficient (Wildman–Crippen LogP) is 2.67. The number of nitrogens with one attached hydrogen (secondary N) is 1. The average Bonchev–Trinajstić information content (AvgIpc) is 2.88. The largest absolute Gasteiger partial charge is 0.327 e. The van der Waals surface area contributed by atoms with Crippen molar-refractivity contribution in [1.29, 1.82) is 0 Å². The fourth-order valence-electron chi connectivity index (χ4n) is 2.65. The van der Waals surface area contributed by atoms with Gasteiger partial charge >= 0.3 is 0 Å². The summed E-state index contributed by atoms with van der Waals surface area (Å²) in [4.78, 5) is 8.85. The number of aryl methyl sites for hydroxylation is 2. The molecule has 118 valence electrons. The summed E-state index contributed by atoms with van der Waals surface area (Å²) in [5, 5.41) is 13.6. The number of nitrogens with zero attached hydrogens (tertiary/aromatic N) is 6. The normalized spacial score (nSPS) is 11.6. The van der Waals surface area contributed by atoms with Gasteiger partial charge in [0, 0.05) is 18.1 Å². The third-order valence-corrected chi connectivity index (χ3v) is 3.78. The second kappa shape index (κ2) is 5.69. The predicted molar refractivity (Wildman–Crippen MR) is 94.0 cm³/mol. The van der Waals surface area contributed by atoms with E-state index < -0.39 is 0 Å². The summed E-state index contributed by atoms with van der Waals surface area (Å²) in [6.07, 6.45) is 1.63. The van der Waals surface area contributed by atoms with Crippen LogP contribution in [0.3, 0.4) is 0 Å². The molecule has 0 aliphatic carbocycles. The first-order chi connectivity index (χ1) is 11.7. The van der Waals surface area contributed by atoms with Gasteiger partial charge in [-0.1, -0.05) is 24.3 Å². The second-order valence-corrected chi connectivity index (χ2v) is 5.46. The van der Waals surface area contributed by atoms with Gasteiger partial charge in [0.25, 0.3) is 5.95 Å². The summed E-state index contributed by atoms with van der Waals surface area (Å²) >= 11 is 0. The maximum Gasteiger partial charge on any atom is 0.265 e. The van der Waals surface area contributed by atoms with Gasteiger partial charge in [-0.3, -0.25) is 4.98 Å². The monoisotopic (exact) mass is 317 g/mol. The van der Waals surface area contributed by atoms with E-state index in [0.29, 0.717) is 5.95 Å². The molecule has 7 nitrogen and oxygen atoms in total. The lowest BCUT2D eigenvalue weighted by Crippen LogP contribution is -2.01. The molecule has 24 heavy (non-hydrogen) atoms. The number of rotatable bonds is 3. The highest BCUT2D eigenvalue weighted by atomic mass is 15.4. The quantitative estimate of drug-likeness (QED) is 0.464. The fourth-order valence-corrected chi connectivity index (χ4v) is 2.65. The Bertz CT molecular complexity index is 1070. The first-order valence-electron chi connectivity index (χ1n) is 7.53. The molecule has 3 heterocycles. The Morgan fingerprint density at radius 2 is 1.92 bits per heavy atom. The van der Waals surface area contributed by atoms with Crippen LogP contribution >= 0.6 is 0 Å². The number of pyridine rings is 1. The van der Waals surface area contributed by atoms with E-state index in [4.69, 9.17) is 0 Å². The molecule has 0 aliphatic heterocycles. The molecule has 0 unspecified atom stereocenters. The molecule has 0 amide bonds. The van der Waals surface area contributed by atoms with Crippen LogP contribution in [0.5, 0.6) is 0 Å². The van der Waals surface area contributed by atoms with Gasteiger partial charge in [-0.2, -0.15) is 10.1 Å². The SMILES string of the molecule is Cc1cccc(/C=N/Nc2nnc3c4ccccc4n(C)c3n2)n1. The highest BCUT2D eigenvalue weighted by Crippen LogP contribution is 2.24. The van der Waals surface area contributed by atoms with E-state index in [2.05, 4.69) is 30.7 Å². The van der Waals surface area contributed by atoms with Crippen molar-refractivity contribution in [3.8, 4) is 0 Å². The minimum Gasteiger partial charge on any atom is -0.327 e. The number of hydrazone groups is 1. The van der Waals surface area contributed by atoms with Crippen LogP contribution in [0.4, 0.5) is 5.95 Å². The molecule has 0 bridgehead atoms. The molecule has 4 aromatic rings. The van der Waals surface area contributed by atoms with Gasteiger partial charge in [0.05, 0.1) is 17.4 Å². The van der Waals surface area contributed by atoms with E-state index >= 15 is 0 Å². The van der Waals surface area contributed by atoms with E-state index in [1.54, 1.807) is 6.21 Å². The van der Waals surface area contributed by atoms with Gasteiger partial charge in [0.2, 0.25) is 0 Å². The number of aromatic nitrogens is 5. The molecule has 4 rings (SSSR count). The topological polar surface area (TPSA) is 80.9 Å². The number of benzene rings is 1. The number of hydrogen-bond acceptors (Lipinski definition) is 6. The van der Waals surface area contributed by atoms with Crippen molar-refractivity contribution < 1.29 is 0 Å². The van der Waals surface area contributed by atoms with Crippen molar-refractivity contribution in [3.05, 3.63) is 53.9 Å². The first-order valence-corrected chi connectivity index (χ1v) is 7.53. The number of fused-ring (bicyclic) bond motifs is 3. The summed E-state index contributed by atoms with van der Waals surface area (Å²) in [5.74, 6) is 0.345. The van der Waals surface area contributed by atoms with Gasteiger partial charge in [-0.05, 0) is 25.1 Å². The van der Waals surface area contributed by atoms with Crippen LogP contribution in [0, 0.1) is 6.92 Å². The van der Waals surface area contributed by atoms with Crippen molar-refractivity contribution in [2.24, 2.45) is 12.1 Å². The molecule has 1 aromatic carbocycles. The summed E-state index contributed by atoms with van der Waals surface area (Å²) in [5.41, 5.74) is 7.12. The van der Waals surface area contributed by atoms with Crippen molar-refractivity contribution in [3.63, 3.8) is 0 Å². The lowest BCUT2D eigenvalue weighted by atomic mass is 10.2. The van der Waals surface area contributed by atoms with Crippen LogP contribution < -0.4 is 5.43 Å². The maximum absolute atomic E-state index is 4.50. The zero-order valence-electron chi connectivity index (χ0n) is 13.3. The standard InChI is InChI=1S/C17H15N7/c1-11-6-5-7-12(19-11)10-18-22-17-20-16-15(21-23-17)13-8-3-4-9-14(13)24(16)2/h3-10H,1-2H3,(H,20,22,23)/b18-10+. The Morgan fingerprint density at radius 1 is 1.04 bits per heavy atom. The third-order valence-electron chi connectivity index (χ3n) is 3.78. The van der Waals surface area contributed by atoms with E-state index in [1.807, 2.05) is 61.0 Å². The van der Waals surface area contributed by atoms with Gasteiger partial charge in [-0.25, -0.2) is 5.43 Å². The Balaban J connectivity index is 1.66. The molecule has 0 atom stereocenters. The molecule has 0 aliphatic rings. The van der Waals surface area contributed by atoms with Gasteiger partial charge < -0.3 is 4.57 Å². The summed E-state index contributed by atoms with van der Waals surface area (Å²) in [7, 11) is 1.96. The molecule has 0 saturated heterocycles. The highest BCUT2D eigenvalue weighted by Gasteiger charge is 2.11. The zero-order chi connectivity index (χ0) is 16.5. The molecule has 0 saturated carbocycles. The summed E-state index contributed by atoms with van der Waals surface area (Å²) < 4.78 is 2.00. The van der Waals surface area contributed by atoms with Crippen molar-refractivity contribution in [2.75, 3.05) is 5.43 Å². The van der Waals surface area contributed by atoms with Crippen LogP contribution in [0.25, 0.3) is 22.1 Å². The van der Waals surface area contributed by atoms with E-state index in [1.165, 1.54) is 0 Å². The van der Waals surface area contributed by atoms with Crippen LogP contribution in [-0.4, -0.2) is 30.9 Å². The van der Waals surface area contributed by atoms with Crippen molar-refractivity contribution >= 4 is 34.2 Å². The Labute approximate surface area is 138 Å². The molecule has 7 heteroatoms. The van der Waals surface area contributed by atoms with Crippen LogP contribution in [-0.2, 0) is 7.05 Å². The molecule has 3 aromatic heterocycles. The number of hydrogen-bond donors (Lipinski definition) is 1. The smallest absolute Gasteiger partial charge is 0.265 e. The Kier molecular flexibility index (Phi) is 3.38. The lowest BCUT2D eigenvalue weighted by molar-refractivity contribution is 0.949. The van der Waals surface area contributed by atoms with E-state index in [-0.39, 0.29) is 0 Å². The molecule has 1 N–H and O–H groups in total. The minimum absolute atomic E-state index is 0.345. The molecular formula is C17H15N7. The van der Waals surface area contributed by atoms with E-state index in [0.717, 1.165) is 33.5 Å². The van der Waals surface area contributed by atoms with Crippen LogP contribution in [0.1, 0.15) is 11.4 Å². The molecule has 0 fully saturated rings. The van der Waals surface area contributed by atoms with Crippen LogP contribution in [0.2, 0.25) is 0 Å². The summed E-state index contributed by atoms with van der Waals surface area (Å²) in [6.45, 7) is 1.94. The van der Waals surface area contributed by atoms with E-state index in [9.17, 15) is 0 Å². The molecule has 0 spiro atoms. The molecular weight excluding hydrogens is 302 g/mol. The highest BCUT2D eigenvalue weighted by molar-refractivity contribution is 6.04. The van der Waals surface area contributed by atoms with Crippen LogP contribution in [0.15, 0.2) is 47.6 Å². The van der Waals surface area contributed by atoms with Crippen molar-refractivity contribution in [1.82, 2.24) is 24.7 Å². The van der Waals surface area contributed by atoms with Gasteiger partial charge in [-0.15, -0.1) is 10.2 Å². The lowest BCUT2D eigenvalue weighted by Gasteiger charge is -1.99. The van der Waals surface area contributed by atoms with Gasteiger partial charge in [0.15, 0.2) is 5.65 Å². The average molecular weight is 317 g/mol.